The second-order valence-corrected chi connectivity index (χ2v) is 6.33. The van der Waals surface area contributed by atoms with Crippen LogP contribution in [-0.2, 0) is 5.75 Å². The second-order valence-electron chi connectivity index (χ2n) is 3.75. The van der Waals surface area contributed by atoms with Crippen LogP contribution in [0.5, 0.6) is 0 Å². The molecule has 0 saturated heterocycles. The molecule has 0 spiro atoms. The van der Waals surface area contributed by atoms with Crippen molar-refractivity contribution >= 4 is 21.6 Å². The third kappa shape index (κ3) is 5.61. The largest absolute Gasteiger partial charge is 0.0938 e. The zero-order valence-corrected chi connectivity index (χ0v) is 10.5. The summed E-state index contributed by atoms with van der Waals surface area (Å²) >= 11 is 0. The Bertz CT molecular complexity index is 231. The van der Waals surface area contributed by atoms with Crippen molar-refractivity contribution in [2.45, 2.75) is 26.0 Å². The lowest BCUT2D eigenvalue weighted by Crippen LogP contribution is -1.87. The highest BCUT2D eigenvalue weighted by molar-refractivity contribution is 8.76. The molecule has 0 aliphatic carbocycles. The van der Waals surface area contributed by atoms with Crippen molar-refractivity contribution < 1.29 is 0 Å². The fourth-order valence-electron chi connectivity index (χ4n) is 1.03. The topological polar surface area (TPSA) is 0 Å². The van der Waals surface area contributed by atoms with E-state index in [1.807, 2.05) is 21.6 Å². The molecule has 1 aromatic carbocycles. The maximum atomic E-state index is 2.28. The van der Waals surface area contributed by atoms with Crippen LogP contribution in [0.1, 0.15) is 25.8 Å². The maximum Gasteiger partial charge on any atom is 0.0288 e. The summed E-state index contributed by atoms with van der Waals surface area (Å²) in [5.41, 5.74) is 1.43. The smallest absolute Gasteiger partial charge is 0.0288 e. The predicted octanol–water partition coefficient (Wildman–Crippen LogP) is 4.61. The first-order chi connectivity index (χ1) is 6.79. The van der Waals surface area contributed by atoms with Gasteiger partial charge in [0.05, 0.1) is 0 Å². The Kier molecular flexibility index (Phi) is 6.20. The van der Waals surface area contributed by atoms with Gasteiger partial charge in [-0.05, 0) is 17.9 Å². The third-order valence-corrected chi connectivity index (χ3v) is 4.30. The van der Waals surface area contributed by atoms with Gasteiger partial charge in [-0.1, -0.05) is 65.8 Å². The fraction of sp³-hybridized carbons (Fsp3) is 0.500. The van der Waals surface area contributed by atoms with Crippen molar-refractivity contribution in [1.29, 1.82) is 0 Å². The van der Waals surface area contributed by atoms with Crippen LogP contribution in [0.2, 0.25) is 0 Å². The van der Waals surface area contributed by atoms with E-state index < -0.39 is 0 Å². The Labute approximate surface area is 95.3 Å². The van der Waals surface area contributed by atoms with Crippen molar-refractivity contribution in [3.05, 3.63) is 35.9 Å². The van der Waals surface area contributed by atoms with Crippen LogP contribution in [-0.4, -0.2) is 5.75 Å². The SMILES string of the molecule is CC(C)CCSSCc1ccccc1. The van der Waals surface area contributed by atoms with Gasteiger partial charge in [0.2, 0.25) is 0 Å². The summed E-state index contributed by atoms with van der Waals surface area (Å²) in [6.07, 6.45) is 1.33. The van der Waals surface area contributed by atoms with Crippen molar-refractivity contribution in [3.8, 4) is 0 Å². The molecule has 78 valence electrons. The highest BCUT2D eigenvalue weighted by Gasteiger charge is 1.95. The van der Waals surface area contributed by atoms with Gasteiger partial charge in [0.15, 0.2) is 0 Å². The van der Waals surface area contributed by atoms with Gasteiger partial charge in [0.1, 0.15) is 0 Å². The first-order valence-electron chi connectivity index (χ1n) is 5.07. The molecule has 0 radical (unpaired) electrons. The minimum absolute atomic E-state index is 0.833. The fourth-order valence-corrected chi connectivity index (χ4v) is 3.42. The van der Waals surface area contributed by atoms with Gasteiger partial charge in [-0.3, -0.25) is 0 Å². The van der Waals surface area contributed by atoms with Crippen molar-refractivity contribution in [2.75, 3.05) is 5.75 Å². The van der Waals surface area contributed by atoms with E-state index in [0.29, 0.717) is 0 Å². The molecule has 0 bridgehead atoms. The summed E-state index contributed by atoms with van der Waals surface area (Å²) < 4.78 is 0. The van der Waals surface area contributed by atoms with Gasteiger partial charge in [0, 0.05) is 11.5 Å². The molecule has 0 heterocycles. The van der Waals surface area contributed by atoms with E-state index in [1.54, 1.807) is 0 Å². The molecule has 0 aliphatic heterocycles. The highest BCUT2D eigenvalue weighted by atomic mass is 33.1. The van der Waals surface area contributed by atoms with Crippen LogP contribution >= 0.6 is 21.6 Å². The normalized spacial score (nSPS) is 10.8. The van der Waals surface area contributed by atoms with E-state index in [0.717, 1.165) is 11.7 Å². The lowest BCUT2D eigenvalue weighted by atomic mass is 10.2. The summed E-state index contributed by atoms with van der Waals surface area (Å²) in [5.74, 6) is 3.23. The zero-order valence-electron chi connectivity index (χ0n) is 8.90. The monoisotopic (exact) mass is 226 g/mol. The molecule has 0 aromatic heterocycles. The average Bonchev–Trinajstić information content (AvgIpc) is 2.18. The molecule has 14 heavy (non-hydrogen) atoms. The summed E-state index contributed by atoms with van der Waals surface area (Å²) in [4.78, 5) is 0. The Morgan fingerprint density at radius 2 is 1.79 bits per heavy atom. The van der Waals surface area contributed by atoms with Gasteiger partial charge >= 0.3 is 0 Å². The molecular formula is C12H18S2. The molecule has 0 aliphatic rings. The minimum Gasteiger partial charge on any atom is -0.0938 e. The van der Waals surface area contributed by atoms with Gasteiger partial charge in [-0.25, -0.2) is 0 Å². The van der Waals surface area contributed by atoms with Crippen LogP contribution in [0.25, 0.3) is 0 Å². The van der Waals surface area contributed by atoms with Crippen molar-refractivity contribution in [3.63, 3.8) is 0 Å². The van der Waals surface area contributed by atoms with E-state index >= 15 is 0 Å². The molecule has 0 nitrogen and oxygen atoms in total. The molecule has 1 rings (SSSR count). The van der Waals surface area contributed by atoms with Gasteiger partial charge in [-0.2, -0.15) is 0 Å². The quantitative estimate of drug-likeness (QED) is 0.513. The molecule has 1 aromatic rings. The molecule has 0 amide bonds. The van der Waals surface area contributed by atoms with Gasteiger partial charge in [0.25, 0.3) is 0 Å². The summed E-state index contributed by atoms with van der Waals surface area (Å²) in [5, 5.41) is 0. The van der Waals surface area contributed by atoms with E-state index in [4.69, 9.17) is 0 Å². The maximum absolute atomic E-state index is 2.28. The van der Waals surface area contributed by atoms with Crippen LogP contribution in [0.15, 0.2) is 30.3 Å². The molecule has 0 fully saturated rings. The van der Waals surface area contributed by atoms with Crippen molar-refractivity contribution in [2.24, 2.45) is 5.92 Å². The Morgan fingerprint density at radius 3 is 2.43 bits per heavy atom. The number of hydrogen-bond acceptors (Lipinski definition) is 2. The Hall–Kier alpha value is -0.0800. The first-order valence-corrected chi connectivity index (χ1v) is 7.56. The molecule has 0 saturated carbocycles. The number of hydrogen-bond donors (Lipinski definition) is 0. The Morgan fingerprint density at radius 1 is 1.07 bits per heavy atom. The summed E-state index contributed by atoms with van der Waals surface area (Å²) in [6.45, 7) is 4.56. The molecule has 0 unspecified atom stereocenters. The number of rotatable bonds is 6. The lowest BCUT2D eigenvalue weighted by molar-refractivity contribution is 0.633. The zero-order chi connectivity index (χ0) is 10.2. The van der Waals surface area contributed by atoms with Gasteiger partial charge in [-0.15, -0.1) is 0 Å². The van der Waals surface area contributed by atoms with E-state index in [2.05, 4.69) is 44.2 Å². The Balaban J connectivity index is 2.05. The second kappa shape index (κ2) is 7.24. The van der Waals surface area contributed by atoms with Crippen LogP contribution < -0.4 is 0 Å². The molecule has 0 atom stereocenters. The van der Waals surface area contributed by atoms with Crippen molar-refractivity contribution in [1.82, 2.24) is 0 Å². The third-order valence-electron chi connectivity index (χ3n) is 1.93. The molecule has 0 N–H and O–H groups in total. The van der Waals surface area contributed by atoms with E-state index in [-0.39, 0.29) is 0 Å². The summed E-state index contributed by atoms with van der Waals surface area (Å²) in [7, 11) is 3.96. The highest BCUT2D eigenvalue weighted by Crippen LogP contribution is 2.27. The van der Waals surface area contributed by atoms with Crippen LogP contribution in [0.4, 0.5) is 0 Å². The summed E-state index contributed by atoms with van der Waals surface area (Å²) in [6, 6.07) is 10.7. The minimum atomic E-state index is 0.833. The predicted molar refractivity (Wildman–Crippen MR) is 69.7 cm³/mol. The van der Waals surface area contributed by atoms with Gasteiger partial charge < -0.3 is 0 Å². The number of benzene rings is 1. The average molecular weight is 226 g/mol. The standard InChI is InChI=1S/C12H18S2/c1-11(2)8-9-13-14-10-12-6-4-3-5-7-12/h3-7,11H,8-10H2,1-2H3. The van der Waals surface area contributed by atoms with E-state index in [1.165, 1.54) is 17.7 Å². The van der Waals surface area contributed by atoms with Crippen LogP contribution in [0, 0.1) is 5.92 Å². The lowest BCUT2D eigenvalue weighted by Gasteiger charge is -2.03. The van der Waals surface area contributed by atoms with E-state index in [9.17, 15) is 0 Å². The molecular weight excluding hydrogens is 208 g/mol. The molecule has 2 heteroatoms. The first kappa shape index (κ1) is 12.0. The van der Waals surface area contributed by atoms with Crippen LogP contribution in [0.3, 0.4) is 0 Å².